The number of hydrogen-bond acceptors (Lipinski definition) is 3. The van der Waals surface area contributed by atoms with Crippen molar-refractivity contribution in [2.45, 2.75) is 83.9 Å². The molecule has 0 unspecified atom stereocenters. The van der Waals surface area contributed by atoms with Gasteiger partial charge in [-0.3, -0.25) is 4.79 Å². The lowest BCUT2D eigenvalue weighted by Gasteiger charge is -2.31. The van der Waals surface area contributed by atoms with Gasteiger partial charge in [-0.05, 0) is 90.1 Å². The smallest absolute Gasteiger partial charge is 0.254 e. The Balaban J connectivity index is 2.06. The highest BCUT2D eigenvalue weighted by molar-refractivity contribution is 7.91. The summed E-state index contributed by atoms with van der Waals surface area (Å²) in [5.41, 5.74) is 3.81. The van der Waals surface area contributed by atoms with Gasteiger partial charge in [0.25, 0.3) is 5.91 Å². The molecule has 0 radical (unpaired) electrons. The first kappa shape index (κ1) is 25.1. The molecular weight excluding hydrogens is 406 g/mol. The Labute approximate surface area is 188 Å². The topological polar surface area (TPSA) is 54.5 Å². The molecule has 4 nitrogen and oxygen atoms in total. The molecule has 0 spiro atoms. The van der Waals surface area contributed by atoms with Crippen molar-refractivity contribution in [3.05, 3.63) is 70.8 Å². The van der Waals surface area contributed by atoms with Gasteiger partial charge in [0.2, 0.25) is 0 Å². The third kappa shape index (κ3) is 6.67. The van der Waals surface area contributed by atoms with Gasteiger partial charge >= 0.3 is 0 Å². The molecule has 0 saturated carbocycles. The lowest BCUT2D eigenvalue weighted by Crippen LogP contribution is -2.42. The van der Waals surface area contributed by atoms with Crippen molar-refractivity contribution in [3.8, 4) is 0 Å². The van der Waals surface area contributed by atoms with Gasteiger partial charge in [-0.2, -0.15) is 0 Å². The van der Waals surface area contributed by atoms with E-state index < -0.39 is 14.6 Å². The molecular formula is C26H37NO3S. The molecule has 0 heterocycles. The summed E-state index contributed by atoms with van der Waals surface area (Å²) in [5.74, 6) is 0.125. The number of amides is 1. The van der Waals surface area contributed by atoms with Gasteiger partial charge in [-0.25, -0.2) is 8.42 Å². The molecule has 2 rings (SSSR count). The molecule has 0 aromatic heterocycles. The highest BCUT2D eigenvalue weighted by Gasteiger charge is 2.28. The second kappa shape index (κ2) is 9.99. The van der Waals surface area contributed by atoms with E-state index in [0.29, 0.717) is 0 Å². The zero-order valence-corrected chi connectivity index (χ0v) is 20.8. The van der Waals surface area contributed by atoms with Crippen LogP contribution in [-0.4, -0.2) is 36.1 Å². The third-order valence-corrected chi connectivity index (χ3v) is 8.12. The number of benzene rings is 2. The first-order valence-corrected chi connectivity index (χ1v) is 12.7. The molecule has 2 aromatic rings. The first-order chi connectivity index (χ1) is 14.3. The van der Waals surface area contributed by atoms with E-state index in [4.69, 9.17) is 0 Å². The van der Waals surface area contributed by atoms with Crippen LogP contribution in [-0.2, 0) is 28.4 Å². The van der Waals surface area contributed by atoms with Gasteiger partial charge in [0.05, 0.1) is 10.5 Å². The minimum absolute atomic E-state index is 0.0587. The van der Waals surface area contributed by atoms with Gasteiger partial charge in [0.1, 0.15) is 0 Å². The fourth-order valence-corrected chi connectivity index (χ4v) is 4.67. The van der Waals surface area contributed by atoms with Crippen LogP contribution in [0.15, 0.2) is 48.5 Å². The maximum Gasteiger partial charge on any atom is 0.254 e. The van der Waals surface area contributed by atoms with Crippen LogP contribution in [0.2, 0.25) is 0 Å². The summed E-state index contributed by atoms with van der Waals surface area (Å²) in [6.07, 6.45) is 1.66. The molecule has 0 aliphatic rings. The van der Waals surface area contributed by atoms with Crippen molar-refractivity contribution in [2.75, 3.05) is 0 Å². The first-order valence-electron chi connectivity index (χ1n) is 11.0. The van der Waals surface area contributed by atoms with Gasteiger partial charge in [-0.15, -0.1) is 0 Å². The highest BCUT2D eigenvalue weighted by atomic mass is 32.2. The van der Waals surface area contributed by atoms with Crippen LogP contribution in [0.1, 0.15) is 75.5 Å². The van der Waals surface area contributed by atoms with Gasteiger partial charge in [-0.1, -0.05) is 36.4 Å². The monoisotopic (exact) mass is 443 g/mol. The molecule has 31 heavy (non-hydrogen) atoms. The Kier molecular flexibility index (Phi) is 8.09. The van der Waals surface area contributed by atoms with E-state index in [1.165, 1.54) is 0 Å². The van der Waals surface area contributed by atoms with Crippen LogP contribution < -0.4 is 0 Å². The third-order valence-electron chi connectivity index (χ3n) is 5.54. The predicted molar refractivity (Wildman–Crippen MR) is 129 cm³/mol. The standard InChI is InChI=1S/C26H37NO3S/c1-19(2)27(20(3)4)25(28)24-10-8-9-22(17-24)14-11-21-12-15-23(16-13-21)18-31(29,30)26(5,6)7/h8-10,12-13,15-17,19-20H,11,14,18H2,1-7H3. The summed E-state index contributed by atoms with van der Waals surface area (Å²) < 4.78 is 24.1. The fourth-order valence-electron chi connectivity index (χ4n) is 3.60. The van der Waals surface area contributed by atoms with Gasteiger partial charge in [0.15, 0.2) is 9.84 Å². The molecule has 0 N–H and O–H groups in total. The Morgan fingerprint density at radius 3 is 1.87 bits per heavy atom. The zero-order valence-electron chi connectivity index (χ0n) is 20.0. The van der Waals surface area contributed by atoms with Crippen molar-refractivity contribution in [2.24, 2.45) is 0 Å². The Bertz CT molecular complexity index is 976. The molecule has 1 amide bonds. The van der Waals surface area contributed by atoms with Crippen molar-refractivity contribution in [1.29, 1.82) is 0 Å². The van der Waals surface area contributed by atoms with Crippen LogP contribution in [0.25, 0.3) is 0 Å². The summed E-state index contributed by atoms with van der Waals surface area (Å²) in [4.78, 5) is 14.9. The normalized spacial score (nSPS) is 12.4. The van der Waals surface area contributed by atoms with Crippen LogP contribution in [0.3, 0.4) is 0 Å². The van der Waals surface area contributed by atoms with E-state index in [1.807, 2.05) is 75.1 Å². The average Bonchev–Trinajstić information content (AvgIpc) is 2.66. The van der Waals surface area contributed by atoms with Crippen LogP contribution in [0.4, 0.5) is 0 Å². The molecule has 170 valence electrons. The molecule has 0 aliphatic heterocycles. The van der Waals surface area contributed by atoms with Gasteiger partial charge < -0.3 is 4.90 Å². The molecule has 0 aliphatic carbocycles. The van der Waals surface area contributed by atoms with E-state index in [9.17, 15) is 13.2 Å². The van der Waals surface area contributed by atoms with E-state index >= 15 is 0 Å². The summed E-state index contributed by atoms with van der Waals surface area (Å²) >= 11 is 0. The number of nitrogens with zero attached hydrogens (tertiary/aromatic N) is 1. The highest BCUT2D eigenvalue weighted by Crippen LogP contribution is 2.21. The van der Waals surface area contributed by atoms with Crippen molar-refractivity contribution in [3.63, 3.8) is 0 Å². The van der Waals surface area contributed by atoms with E-state index in [0.717, 1.165) is 35.1 Å². The number of rotatable bonds is 8. The van der Waals surface area contributed by atoms with Crippen LogP contribution >= 0.6 is 0 Å². The van der Waals surface area contributed by atoms with Crippen molar-refractivity contribution in [1.82, 2.24) is 4.90 Å². The lowest BCUT2D eigenvalue weighted by atomic mass is 10.0. The van der Waals surface area contributed by atoms with Crippen molar-refractivity contribution < 1.29 is 13.2 Å². The Morgan fingerprint density at radius 2 is 1.35 bits per heavy atom. The summed E-state index contributed by atoms with van der Waals surface area (Å²) in [5, 5.41) is 0. The summed E-state index contributed by atoms with van der Waals surface area (Å²) in [6.45, 7) is 13.4. The lowest BCUT2D eigenvalue weighted by molar-refractivity contribution is 0.0643. The number of carbonyl (C=O) groups is 1. The maximum absolute atomic E-state index is 13.0. The molecule has 0 atom stereocenters. The van der Waals surface area contributed by atoms with Crippen molar-refractivity contribution >= 4 is 15.7 Å². The zero-order chi connectivity index (χ0) is 23.4. The molecule has 0 bridgehead atoms. The number of hydrogen-bond donors (Lipinski definition) is 0. The minimum atomic E-state index is -3.19. The van der Waals surface area contributed by atoms with E-state index in [1.54, 1.807) is 20.8 Å². The molecule has 2 aromatic carbocycles. The Morgan fingerprint density at radius 1 is 0.839 bits per heavy atom. The number of sulfone groups is 1. The van der Waals surface area contributed by atoms with E-state index in [-0.39, 0.29) is 23.7 Å². The average molecular weight is 444 g/mol. The molecule has 5 heteroatoms. The fraction of sp³-hybridized carbons (Fsp3) is 0.500. The maximum atomic E-state index is 13.0. The largest absolute Gasteiger partial charge is 0.334 e. The van der Waals surface area contributed by atoms with E-state index in [2.05, 4.69) is 6.07 Å². The molecule has 0 fully saturated rings. The van der Waals surface area contributed by atoms with Crippen LogP contribution in [0.5, 0.6) is 0 Å². The Hall–Kier alpha value is -2.14. The quantitative estimate of drug-likeness (QED) is 0.545. The van der Waals surface area contributed by atoms with Gasteiger partial charge in [0, 0.05) is 17.6 Å². The second-order valence-corrected chi connectivity index (χ2v) is 12.5. The SMILES string of the molecule is CC(C)N(C(=O)c1cccc(CCc2ccc(CS(=O)(=O)C(C)(C)C)cc2)c1)C(C)C. The second-order valence-electron chi connectivity index (χ2n) is 9.79. The predicted octanol–water partition coefficient (Wildman–Crippen LogP) is 5.44. The molecule has 0 saturated heterocycles. The van der Waals surface area contributed by atoms with Crippen LogP contribution in [0, 0.1) is 0 Å². The summed E-state index contributed by atoms with van der Waals surface area (Å²) in [6, 6.07) is 16.0. The summed E-state index contributed by atoms with van der Waals surface area (Å²) in [7, 11) is -3.19. The number of aryl methyl sites for hydroxylation is 2. The minimum Gasteiger partial charge on any atom is -0.334 e. The number of carbonyl (C=O) groups excluding carboxylic acids is 1.